The molecule has 1 aliphatic heterocycles. The number of hydroxylamine groups is 1. The lowest BCUT2D eigenvalue weighted by Gasteiger charge is -2.42. The number of amides is 2. The predicted molar refractivity (Wildman–Crippen MR) is 132 cm³/mol. The molecule has 1 aromatic carbocycles. The average molecular weight is 473 g/mol. The predicted octanol–water partition coefficient (Wildman–Crippen LogP) is 2.83. The molecule has 4 atom stereocenters. The number of hydrogen-bond donors (Lipinski definition) is 5. The fourth-order valence-electron chi connectivity index (χ4n) is 5.21. The van der Waals surface area contributed by atoms with Gasteiger partial charge in [-0.2, -0.15) is 0 Å². The SMILES string of the molecule is CC(C)C[C@@H](C(=O)NN)[C@H](C(=O)NO)C(/C=C/c1ccccc1)(CC(C)C)C(=O)[C@H]1CCCN1. The Bertz CT molecular complexity index is 850. The Balaban J connectivity index is 2.78. The molecule has 2 rings (SSSR count). The van der Waals surface area contributed by atoms with Crippen LogP contribution in [0.1, 0.15) is 58.9 Å². The molecule has 0 aliphatic carbocycles. The maximum Gasteiger partial charge on any atom is 0.248 e. The van der Waals surface area contributed by atoms with Gasteiger partial charge in [-0.3, -0.25) is 25.0 Å². The number of hydrazine groups is 1. The zero-order valence-corrected chi connectivity index (χ0v) is 20.7. The fourth-order valence-corrected chi connectivity index (χ4v) is 5.21. The van der Waals surface area contributed by atoms with Gasteiger partial charge in [-0.1, -0.05) is 70.2 Å². The van der Waals surface area contributed by atoms with E-state index in [0.29, 0.717) is 25.8 Å². The fraction of sp³-hybridized carbons (Fsp3) is 0.577. The number of ketones is 1. The summed E-state index contributed by atoms with van der Waals surface area (Å²) in [5.74, 6) is 2.10. The largest absolute Gasteiger partial charge is 0.307 e. The third kappa shape index (κ3) is 6.74. The summed E-state index contributed by atoms with van der Waals surface area (Å²) in [6, 6.07) is 9.08. The Morgan fingerprint density at radius 3 is 2.32 bits per heavy atom. The number of allylic oxidation sites excluding steroid dienone is 1. The van der Waals surface area contributed by atoms with Crippen LogP contribution in [0.25, 0.3) is 6.08 Å². The van der Waals surface area contributed by atoms with E-state index in [0.717, 1.165) is 12.0 Å². The molecule has 1 unspecified atom stereocenters. The van der Waals surface area contributed by atoms with Crippen LogP contribution in [-0.4, -0.2) is 35.4 Å². The van der Waals surface area contributed by atoms with E-state index < -0.39 is 35.1 Å². The molecule has 6 N–H and O–H groups in total. The Morgan fingerprint density at radius 2 is 1.82 bits per heavy atom. The van der Waals surface area contributed by atoms with Crippen molar-refractivity contribution in [1.29, 1.82) is 0 Å². The third-order valence-corrected chi connectivity index (χ3v) is 6.51. The molecule has 2 amide bonds. The van der Waals surface area contributed by atoms with Crippen molar-refractivity contribution < 1.29 is 19.6 Å². The van der Waals surface area contributed by atoms with Gasteiger partial charge in [-0.15, -0.1) is 0 Å². The first-order valence-corrected chi connectivity index (χ1v) is 12.1. The second-order valence-electron chi connectivity index (χ2n) is 10.1. The zero-order valence-electron chi connectivity index (χ0n) is 20.7. The lowest BCUT2D eigenvalue weighted by molar-refractivity contribution is -0.151. The van der Waals surface area contributed by atoms with Crippen LogP contribution < -0.4 is 22.1 Å². The summed E-state index contributed by atoms with van der Waals surface area (Å²) in [7, 11) is 0. The van der Waals surface area contributed by atoms with E-state index in [1.807, 2.05) is 64.1 Å². The van der Waals surface area contributed by atoms with Crippen molar-refractivity contribution in [1.82, 2.24) is 16.2 Å². The highest BCUT2D eigenvalue weighted by atomic mass is 16.5. The second kappa shape index (κ2) is 12.8. The highest BCUT2D eigenvalue weighted by molar-refractivity contribution is 5.99. The third-order valence-electron chi connectivity index (χ3n) is 6.51. The number of carbonyl (C=O) groups excluding carboxylic acids is 3. The Hall–Kier alpha value is -2.55. The maximum atomic E-state index is 14.2. The topological polar surface area (TPSA) is 134 Å². The number of nitrogens with two attached hydrogens (primary N) is 1. The van der Waals surface area contributed by atoms with Gasteiger partial charge in [0.15, 0.2) is 5.78 Å². The molecule has 1 aliphatic rings. The van der Waals surface area contributed by atoms with E-state index in [4.69, 9.17) is 5.84 Å². The smallest absolute Gasteiger partial charge is 0.248 e. The molecule has 1 saturated heterocycles. The van der Waals surface area contributed by atoms with Crippen molar-refractivity contribution >= 4 is 23.7 Å². The van der Waals surface area contributed by atoms with Crippen LogP contribution >= 0.6 is 0 Å². The zero-order chi connectivity index (χ0) is 25.3. The van der Waals surface area contributed by atoms with E-state index in [1.54, 1.807) is 11.6 Å². The number of carbonyl (C=O) groups is 3. The summed E-state index contributed by atoms with van der Waals surface area (Å²) in [4.78, 5) is 40.6. The second-order valence-corrected chi connectivity index (χ2v) is 10.1. The van der Waals surface area contributed by atoms with E-state index in [9.17, 15) is 19.6 Å². The summed E-state index contributed by atoms with van der Waals surface area (Å²) < 4.78 is 0. The molecule has 0 spiro atoms. The minimum absolute atomic E-state index is 0.0282. The minimum Gasteiger partial charge on any atom is -0.307 e. The van der Waals surface area contributed by atoms with Crippen molar-refractivity contribution in [2.24, 2.45) is 34.9 Å². The van der Waals surface area contributed by atoms with Gasteiger partial charge in [0.1, 0.15) is 0 Å². The summed E-state index contributed by atoms with van der Waals surface area (Å²) in [6.07, 6.45) is 5.78. The molecular weight excluding hydrogens is 432 g/mol. The van der Waals surface area contributed by atoms with Crippen LogP contribution in [-0.2, 0) is 14.4 Å². The van der Waals surface area contributed by atoms with Gasteiger partial charge >= 0.3 is 0 Å². The van der Waals surface area contributed by atoms with E-state index >= 15 is 0 Å². The molecule has 34 heavy (non-hydrogen) atoms. The van der Waals surface area contributed by atoms with Crippen LogP contribution in [0.3, 0.4) is 0 Å². The van der Waals surface area contributed by atoms with E-state index in [2.05, 4.69) is 10.7 Å². The maximum absolute atomic E-state index is 14.2. The minimum atomic E-state index is -1.34. The molecule has 0 saturated carbocycles. The van der Waals surface area contributed by atoms with E-state index in [-0.39, 0.29) is 17.6 Å². The Labute approximate surface area is 202 Å². The Morgan fingerprint density at radius 1 is 1.15 bits per heavy atom. The first kappa shape index (κ1) is 27.7. The van der Waals surface area contributed by atoms with Crippen molar-refractivity contribution in [3.63, 3.8) is 0 Å². The molecule has 0 bridgehead atoms. The molecule has 0 aromatic heterocycles. The van der Waals surface area contributed by atoms with Crippen molar-refractivity contribution in [2.45, 2.75) is 59.4 Å². The van der Waals surface area contributed by atoms with Crippen molar-refractivity contribution in [3.05, 3.63) is 42.0 Å². The van der Waals surface area contributed by atoms with Crippen molar-refractivity contribution in [3.8, 4) is 0 Å². The van der Waals surface area contributed by atoms with Crippen LogP contribution in [0, 0.1) is 29.1 Å². The van der Waals surface area contributed by atoms with Gasteiger partial charge in [0.05, 0.1) is 23.3 Å². The highest BCUT2D eigenvalue weighted by Gasteiger charge is 2.54. The van der Waals surface area contributed by atoms with Gasteiger partial charge in [0.25, 0.3) is 0 Å². The van der Waals surface area contributed by atoms with Crippen LogP contribution in [0.2, 0.25) is 0 Å². The van der Waals surface area contributed by atoms with Crippen molar-refractivity contribution in [2.75, 3.05) is 6.54 Å². The summed E-state index contributed by atoms with van der Waals surface area (Å²) in [5.41, 5.74) is 3.47. The molecule has 1 heterocycles. The van der Waals surface area contributed by atoms with Gasteiger partial charge < -0.3 is 5.32 Å². The number of nitrogens with one attached hydrogen (secondary N) is 3. The molecule has 1 aromatic rings. The molecule has 0 radical (unpaired) electrons. The number of rotatable bonds is 12. The highest BCUT2D eigenvalue weighted by Crippen LogP contribution is 2.45. The summed E-state index contributed by atoms with van der Waals surface area (Å²) >= 11 is 0. The van der Waals surface area contributed by atoms with Crippen LogP contribution in [0.15, 0.2) is 36.4 Å². The van der Waals surface area contributed by atoms with E-state index in [1.165, 1.54) is 0 Å². The lowest BCUT2D eigenvalue weighted by atomic mass is 9.60. The summed E-state index contributed by atoms with van der Waals surface area (Å²) in [5, 5.41) is 13.0. The van der Waals surface area contributed by atoms with Gasteiger partial charge in [-0.05, 0) is 49.6 Å². The molecular formula is C26H40N4O4. The lowest BCUT2D eigenvalue weighted by Crippen LogP contribution is -2.56. The molecule has 188 valence electrons. The van der Waals surface area contributed by atoms with Gasteiger partial charge in [0, 0.05) is 0 Å². The van der Waals surface area contributed by atoms with Gasteiger partial charge in [0.2, 0.25) is 11.8 Å². The average Bonchev–Trinajstić information content (AvgIpc) is 3.35. The van der Waals surface area contributed by atoms with Crippen LogP contribution in [0.5, 0.6) is 0 Å². The number of Topliss-reactive ketones (excluding diaryl/α,β-unsaturated/α-hetero) is 1. The normalized spacial score (nSPS) is 19.7. The Kier molecular flexibility index (Phi) is 10.4. The summed E-state index contributed by atoms with van der Waals surface area (Å²) in [6.45, 7) is 8.56. The molecule has 8 nitrogen and oxygen atoms in total. The molecule has 1 fully saturated rings. The molecule has 8 heteroatoms. The first-order chi connectivity index (χ1) is 16.2. The quantitative estimate of drug-likeness (QED) is 0.137. The van der Waals surface area contributed by atoms with Crippen LogP contribution in [0.4, 0.5) is 0 Å². The number of hydrogen-bond acceptors (Lipinski definition) is 6. The van der Waals surface area contributed by atoms with Gasteiger partial charge in [-0.25, -0.2) is 11.3 Å². The monoisotopic (exact) mass is 472 g/mol. The standard InChI is InChI=1S/C26H40N4O4/c1-17(2)15-20(24(32)29-27)22(25(33)30-34)26(16-18(3)4,23(31)21-11-8-14-28-21)13-12-19-9-6-5-7-10-19/h5-7,9-10,12-13,17-18,20-22,28,34H,8,11,14-16,27H2,1-4H3,(H,29,32)(H,30,33)/b13-12+/t20-,21-,22-,26?/m1/s1. The first-order valence-electron chi connectivity index (χ1n) is 12.1. The number of benzene rings is 1.